The van der Waals surface area contributed by atoms with E-state index in [0.29, 0.717) is 18.7 Å². The average molecular weight is 330 g/mol. The molecule has 0 spiro atoms. The van der Waals surface area contributed by atoms with Crippen molar-refractivity contribution in [2.75, 3.05) is 13.1 Å². The van der Waals surface area contributed by atoms with Crippen molar-refractivity contribution < 1.29 is 22.7 Å². The van der Waals surface area contributed by atoms with Gasteiger partial charge >= 0.3 is 12.2 Å². The Balaban J connectivity index is 2.04. The maximum Gasteiger partial charge on any atom is 0.416 e. The zero-order chi connectivity index (χ0) is 17.2. The van der Waals surface area contributed by atoms with Crippen LogP contribution in [0.15, 0.2) is 24.3 Å². The van der Waals surface area contributed by atoms with Crippen molar-refractivity contribution in [1.82, 2.24) is 10.2 Å². The van der Waals surface area contributed by atoms with Gasteiger partial charge in [0.25, 0.3) is 0 Å². The van der Waals surface area contributed by atoms with E-state index in [0.717, 1.165) is 12.1 Å². The van der Waals surface area contributed by atoms with Gasteiger partial charge in [0.15, 0.2) is 0 Å². The molecule has 0 saturated carbocycles. The van der Waals surface area contributed by atoms with Gasteiger partial charge in [-0.15, -0.1) is 0 Å². The quantitative estimate of drug-likeness (QED) is 0.900. The Kier molecular flexibility index (Phi) is 5.19. The second kappa shape index (κ2) is 6.78. The van der Waals surface area contributed by atoms with Gasteiger partial charge in [-0.25, -0.2) is 4.79 Å². The molecular formula is C16H21F3N2O2. The van der Waals surface area contributed by atoms with Crippen molar-refractivity contribution in [1.29, 1.82) is 0 Å². The predicted octanol–water partition coefficient (Wildman–Crippen LogP) is 3.59. The van der Waals surface area contributed by atoms with Crippen LogP contribution in [-0.2, 0) is 10.9 Å². The number of ether oxygens (including phenoxy) is 1. The third kappa shape index (κ3) is 4.60. The molecule has 0 aromatic heterocycles. The molecule has 128 valence electrons. The van der Waals surface area contributed by atoms with E-state index in [1.807, 2.05) is 13.8 Å². The van der Waals surface area contributed by atoms with Gasteiger partial charge in [0.1, 0.15) is 0 Å². The lowest BCUT2D eigenvalue weighted by atomic mass is 10.0. The van der Waals surface area contributed by atoms with E-state index < -0.39 is 17.8 Å². The summed E-state index contributed by atoms with van der Waals surface area (Å²) < 4.78 is 43.8. The molecule has 7 heteroatoms. The zero-order valence-electron chi connectivity index (χ0n) is 13.4. The molecule has 2 rings (SSSR count). The molecule has 0 bridgehead atoms. The minimum atomic E-state index is -4.39. The highest BCUT2D eigenvalue weighted by molar-refractivity contribution is 5.74. The van der Waals surface area contributed by atoms with Crippen LogP contribution in [0.4, 0.5) is 18.0 Å². The van der Waals surface area contributed by atoms with Crippen molar-refractivity contribution in [3.63, 3.8) is 0 Å². The van der Waals surface area contributed by atoms with Crippen molar-refractivity contribution >= 4 is 6.03 Å². The second-order valence-electron chi connectivity index (χ2n) is 5.96. The molecule has 0 radical (unpaired) electrons. The van der Waals surface area contributed by atoms with Crippen LogP contribution in [-0.4, -0.2) is 36.2 Å². The lowest BCUT2D eigenvalue weighted by Gasteiger charge is -2.36. The summed E-state index contributed by atoms with van der Waals surface area (Å²) >= 11 is 0. The fraction of sp³-hybridized carbons (Fsp3) is 0.562. The third-order valence-corrected chi connectivity index (χ3v) is 3.76. The topological polar surface area (TPSA) is 41.6 Å². The first-order valence-electron chi connectivity index (χ1n) is 7.55. The molecule has 1 saturated heterocycles. The Hall–Kier alpha value is -1.76. The Morgan fingerprint density at radius 3 is 2.48 bits per heavy atom. The highest BCUT2D eigenvalue weighted by Crippen LogP contribution is 2.30. The molecule has 2 amide bonds. The van der Waals surface area contributed by atoms with E-state index in [1.165, 1.54) is 6.07 Å². The number of benzene rings is 1. The Labute approximate surface area is 133 Å². The number of nitrogens with one attached hydrogen (secondary N) is 1. The number of nitrogens with zero attached hydrogens (tertiary/aromatic N) is 1. The van der Waals surface area contributed by atoms with E-state index in [9.17, 15) is 18.0 Å². The van der Waals surface area contributed by atoms with Crippen LogP contribution in [0.25, 0.3) is 0 Å². The monoisotopic (exact) mass is 330 g/mol. The van der Waals surface area contributed by atoms with E-state index in [-0.39, 0.29) is 18.2 Å². The van der Waals surface area contributed by atoms with Crippen LogP contribution in [0.3, 0.4) is 0 Å². The fourth-order valence-corrected chi connectivity index (χ4v) is 2.69. The Bertz CT molecular complexity index is 553. The summed E-state index contributed by atoms with van der Waals surface area (Å²) in [5, 5.41) is 2.75. The summed E-state index contributed by atoms with van der Waals surface area (Å²) in [5.41, 5.74) is -0.299. The van der Waals surface area contributed by atoms with Gasteiger partial charge in [-0.1, -0.05) is 12.1 Å². The molecule has 1 aromatic carbocycles. The van der Waals surface area contributed by atoms with Crippen LogP contribution in [0.5, 0.6) is 0 Å². The van der Waals surface area contributed by atoms with E-state index in [1.54, 1.807) is 17.9 Å². The molecule has 3 atom stereocenters. The molecular weight excluding hydrogens is 309 g/mol. The van der Waals surface area contributed by atoms with Gasteiger partial charge in [0.2, 0.25) is 0 Å². The molecule has 1 N–H and O–H groups in total. The number of halogens is 3. The Morgan fingerprint density at radius 2 is 1.91 bits per heavy atom. The zero-order valence-corrected chi connectivity index (χ0v) is 13.4. The van der Waals surface area contributed by atoms with Crippen molar-refractivity contribution in [2.45, 2.75) is 45.2 Å². The highest BCUT2D eigenvalue weighted by Gasteiger charge is 2.31. The maximum atomic E-state index is 12.8. The van der Waals surface area contributed by atoms with Gasteiger partial charge < -0.3 is 15.0 Å². The molecule has 1 aliphatic rings. The van der Waals surface area contributed by atoms with Crippen molar-refractivity contribution in [2.24, 2.45) is 0 Å². The normalized spacial score (nSPS) is 23.5. The molecule has 3 unspecified atom stereocenters. The fourth-order valence-electron chi connectivity index (χ4n) is 2.69. The van der Waals surface area contributed by atoms with Gasteiger partial charge in [-0.05, 0) is 38.5 Å². The largest absolute Gasteiger partial charge is 0.416 e. The minimum absolute atomic E-state index is 0.0617. The van der Waals surface area contributed by atoms with Crippen LogP contribution < -0.4 is 5.32 Å². The summed E-state index contributed by atoms with van der Waals surface area (Å²) in [6.45, 7) is 6.36. The SMILES string of the molecule is CC1CN(C(=O)NC(C)c2cccc(C(F)(F)F)c2)CC(C)O1. The first-order chi connectivity index (χ1) is 10.7. The summed E-state index contributed by atoms with van der Waals surface area (Å²) in [4.78, 5) is 13.9. The number of amides is 2. The molecule has 4 nitrogen and oxygen atoms in total. The summed E-state index contributed by atoms with van der Waals surface area (Å²) in [5.74, 6) is 0. The van der Waals surface area contributed by atoms with Crippen LogP contribution >= 0.6 is 0 Å². The molecule has 1 aliphatic heterocycles. The first-order valence-corrected chi connectivity index (χ1v) is 7.55. The van der Waals surface area contributed by atoms with Crippen LogP contribution in [0, 0.1) is 0 Å². The van der Waals surface area contributed by atoms with Gasteiger partial charge in [0.05, 0.1) is 23.8 Å². The van der Waals surface area contributed by atoms with E-state index in [4.69, 9.17) is 4.74 Å². The van der Waals surface area contributed by atoms with Crippen molar-refractivity contribution in [3.05, 3.63) is 35.4 Å². The number of morpholine rings is 1. The summed E-state index contributed by atoms with van der Waals surface area (Å²) in [6, 6.07) is 4.19. The lowest BCUT2D eigenvalue weighted by Crippen LogP contribution is -2.52. The van der Waals surface area contributed by atoms with E-state index >= 15 is 0 Å². The number of carbonyl (C=O) groups excluding carboxylic acids is 1. The average Bonchev–Trinajstić information content (AvgIpc) is 2.45. The van der Waals surface area contributed by atoms with Gasteiger partial charge in [-0.2, -0.15) is 13.2 Å². The number of rotatable bonds is 2. The van der Waals surface area contributed by atoms with E-state index in [2.05, 4.69) is 5.32 Å². The summed E-state index contributed by atoms with van der Waals surface area (Å²) in [7, 11) is 0. The number of carbonyl (C=O) groups is 1. The standard InChI is InChI=1S/C16H21F3N2O2/c1-10-8-21(9-11(2)23-10)15(22)20-12(3)13-5-4-6-14(7-13)16(17,18)19/h4-7,10-12H,8-9H2,1-3H3,(H,20,22). The highest BCUT2D eigenvalue weighted by atomic mass is 19.4. The summed E-state index contributed by atoms with van der Waals surface area (Å²) in [6.07, 6.45) is -4.52. The molecule has 1 aromatic rings. The molecule has 0 aliphatic carbocycles. The smallest absolute Gasteiger partial charge is 0.372 e. The van der Waals surface area contributed by atoms with Crippen LogP contribution in [0.2, 0.25) is 0 Å². The van der Waals surface area contributed by atoms with Gasteiger partial charge in [0, 0.05) is 13.1 Å². The number of hydrogen-bond donors (Lipinski definition) is 1. The second-order valence-corrected chi connectivity index (χ2v) is 5.96. The maximum absolute atomic E-state index is 12.8. The molecule has 23 heavy (non-hydrogen) atoms. The first kappa shape index (κ1) is 17.6. The molecule has 1 fully saturated rings. The predicted molar refractivity (Wildman–Crippen MR) is 80.0 cm³/mol. The third-order valence-electron chi connectivity index (χ3n) is 3.76. The minimum Gasteiger partial charge on any atom is -0.372 e. The lowest BCUT2D eigenvalue weighted by molar-refractivity contribution is -0.137. The number of alkyl halides is 3. The van der Waals surface area contributed by atoms with Gasteiger partial charge in [-0.3, -0.25) is 0 Å². The molecule has 1 heterocycles. The Morgan fingerprint density at radius 1 is 1.30 bits per heavy atom. The van der Waals surface area contributed by atoms with Crippen molar-refractivity contribution in [3.8, 4) is 0 Å². The number of hydrogen-bond acceptors (Lipinski definition) is 2. The van der Waals surface area contributed by atoms with Crippen LogP contribution in [0.1, 0.15) is 37.9 Å². The number of urea groups is 1.